The predicted molar refractivity (Wildman–Crippen MR) is 75.7 cm³/mol. The lowest BCUT2D eigenvalue weighted by Crippen LogP contribution is -2.20. The maximum absolute atomic E-state index is 9.19. The monoisotopic (exact) mass is 319 g/mol. The number of nitrogens with zero attached hydrogens (tertiary/aromatic N) is 3. The molecule has 2 aromatic heterocycles. The molecule has 4 nitrogen and oxygen atoms in total. The Labute approximate surface area is 120 Å². The lowest BCUT2D eigenvalue weighted by atomic mass is 10.0. The van der Waals surface area contributed by atoms with Crippen molar-refractivity contribution >= 4 is 27.0 Å². The molecular weight excluding hydrogens is 306 g/mol. The van der Waals surface area contributed by atoms with Crippen molar-refractivity contribution in [3.05, 3.63) is 28.5 Å². The van der Waals surface area contributed by atoms with Crippen LogP contribution in [0.15, 0.2) is 22.9 Å². The van der Waals surface area contributed by atoms with E-state index in [0.717, 1.165) is 48.1 Å². The molecule has 0 spiro atoms. The SMILES string of the molecule is N#Cc1cn(CC2CCOCC2)c2cc(Br)cnc12. The Morgan fingerprint density at radius 3 is 3.00 bits per heavy atom. The maximum atomic E-state index is 9.19. The van der Waals surface area contributed by atoms with Gasteiger partial charge in [-0.1, -0.05) is 0 Å². The van der Waals surface area contributed by atoms with E-state index in [4.69, 9.17) is 4.74 Å². The minimum atomic E-state index is 0.620. The highest BCUT2D eigenvalue weighted by Crippen LogP contribution is 2.25. The van der Waals surface area contributed by atoms with Crippen molar-refractivity contribution in [3.63, 3.8) is 0 Å². The summed E-state index contributed by atoms with van der Waals surface area (Å²) < 4.78 is 8.48. The van der Waals surface area contributed by atoms with Gasteiger partial charge in [0.05, 0.1) is 11.1 Å². The Morgan fingerprint density at radius 1 is 1.47 bits per heavy atom. The second kappa shape index (κ2) is 5.32. The van der Waals surface area contributed by atoms with Crippen LogP contribution in [0.2, 0.25) is 0 Å². The molecule has 0 unspecified atom stereocenters. The molecule has 5 heteroatoms. The maximum Gasteiger partial charge on any atom is 0.106 e. The Kier molecular flexibility index (Phi) is 3.54. The van der Waals surface area contributed by atoms with Crippen LogP contribution >= 0.6 is 15.9 Å². The van der Waals surface area contributed by atoms with Crippen LogP contribution in [0, 0.1) is 17.2 Å². The van der Waals surface area contributed by atoms with E-state index in [1.54, 1.807) is 6.20 Å². The van der Waals surface area contributed by atoms with Crippen molar-refractivity contribution in [2.45, 2.75) is 19.4 Å². The number of aromatic nitrogens is 2. The van der Waals surface area contributed by atoms with Crippen LogP contribution in [0.25, 0.3) is 11.0 Å². The summed E-state index contributed by atoms with van der Waals surface area (Å²) in [5.74, 6) is 0.620. The molecule has 2 aromatic rings. The van der Waals surface area contributed by atoms with Gasteiger partial charge in [0.1, 0.15) is 11.6 Å². The van der Waals surface area contributed by atoms with Crippen molar-refractivity contribution in [1.82, 2.24) is 9.55 Å². The Hall–Kier alpha value is -1.38. The zero-order valence-electron chi connectivity index (χ0n) is 10.5. The molecule has 0 bridgehead atoms. The summed E-state index contributed by atoms with van der Waals surface area (Å²) in [4.78, 5) is 4.35. The number of fused-ring (bicyclic) bond motifs is 1. The average Bonchev–Trinajstić information content (AvgIpc) is 2.77. The average molecular weight is 320 g/mol. The summed E-state index contributed by atoms with van der Waals surface area (Å²) >= 11 is 3.44. The first-order valence-corrected chi connectivity index (χ1v) is 7.19. The molecule has 0 saturated carbocycles. The van der Waals surface area contributed by atoms with Crippen molar-refractivity contribution in [3.8, 4) is 6.07 Å². The zero-order chi connectivity index (χ0) is 13.2. The fourth-order valence-electron chi connectivity index (χ4n) is 2.58. The molecular formula is C14H14BrN3O. The van der Waals surface area contributed by atoms with E-state index in [9.17, 15) is 5.26 Å². The molecule has 1 aliphatic heterocycles. The number of ether oxygens (including phenoxy) is 1. The van der Waals surface area contributed by atoms with Crippen LogP contribution in [0.5, 0.6) is 0 Å². The molecule has 0 radical (unpaired) electrons. The van der Waals surface area contributed by atoms with Crippen LogP contribution in [-0.4, -0.2) is 22.8 Å². The van der Waals surface area contributed by atoms with E-state index >= 15 is 0 Å². The molecule has 1 saturated heterocycles. The van der Waals surface area contributed by atoms with E-state index in [0.29, 0.717) is 11.5 Å². The molecule has 3 rings (SSSR count). The third-order valence-electron chi connectivity index (χ3n) is 3.60. The van der Waals surface area contributed by atoms with Gasteiger partial charge in [0.15, 0.2) is 0 Å². The van der Waals surface area contributed by atoms with Gasteiger partial charge >= 0.3 is 0 Å². The Morgan fingerprint density at radius 2 is 2.26 bits per heavy atom. The van der Waals surface area contributed by atoms with Crippen molar-refractivity contribution in [2.24, 2.45) is 5.92 Å². The molecule has 3 heterocycles. The van der Waals surface area contributed by atoms with Gasteiger partial charge in [-0.15, -0.1) is 0 Å². The van der Waals surface area contributed by atoms with Crippen LogP contribution < -0.4 is 0 Å². The van der Waals surface area contributed by atoms with E-state index in [1.807, 2.05) is 12.3 Å². The van der Waals surface area contributed by atoms with Gasteiger partial charge in [-0.3, -0.25) is 4.98 Å². The molecule has 0 aliphatic carbocycles. The van der Waals surface area contributed by atoms with E-state index in [-0.39, 0.29) is 0 Å². The van der Waals surface area contributed by atoms with Gasteiger partial charge in [-0.25, -0.2) is 0 Å². The van der Waals surface area contributed by atoms with Crippen LogP contribution in [0.4, 0.5) is 0 Å². The lowest BCUT2D eigenvalue weighted by Gasteiger charge is -2.22. The van der Waals surface area contributed by atoms with Gasteiger partial charge < -0.3 is 9.30 Å². The first-order valence-electron chi connectivity index (χ1n) is 6.40. The van der Waals surface area contributed by atoms with Gasteiger partial charge in [-0.05, 0) is 40.8 Å². The normalized spacial score (nSPS) is 16.6. The third-order valence-corrected chi connectivity index (χ3v) is 4.03. The Balaban J connectivity index is 1.98. The summed E-state index contributed by atoms with van der Waals surface area (Å²) in [5, 5.41) is 9.19. The highest BCUT2D eigenvalue weighted by Gasteiger charge is 2.17. The van der Waals surface area contributed by atoms with Gasteiger partial charge in [0.2, 0.25) is 0 Å². The molecule has 0 N–H and O–H groups in total. The van der Waals surface area contributed by atoms with Crippen molar-refractivity contribution in [1.29, 1.82) is 5.26 Å². The summed E-state index contributed by atoms with van der Waals surface area (Å²) in [6, 6.07) is 4.25. The molecule has 19 heavy (non-hydrogen) atoms. The largest absolute Gasteiger partial charge is 0.381 e. The predicted octanol–water partition coefficient (Wildman–Crippen LogP) is 3.10. The van der Waals surface area contributed by atoms with Crippen molar-refractivity contribution in [2.75, 3.05) is 13.2 Å². The fourth-order valence-corrected chi connectivity index (χ4v) is 2.90. The smallest absolute Gasteiger partial charge is 0.106 e. The number of hydrogen-bond donors (Lipinski definition) is 0. The molecule has 0 aromatic carbocycles. The topological polar surface area (TPSA) is 50.8 Å². The highest BCUT2D eigenvalue weighted by atomic mass is 79.9. The van der Waals surface area contributed by atoms with Crippen LogP contribution in [0.3, 0.4) is 0 Å². The number of pyridine rings is 1. The summed E-state index contributed by atoms with van der Waals surface area (Å²) in [5.41, 5.74) is 2.46. The van der Waals surface area contributed by atoms with Gasteiger partial charge in [-0.2, -0.15) is 5.26 Å². The molecule has 1 aliphatic rings. The first-order chi connectivity index (χ1) is 9.28. The minimum absolute atomic E-state index is 0.620. The zero-order valence-corrected chi connectivity index (χ0v) is 12.1. The van der Waals surface area contributed by atoms with Gasteiger partial charge in [0, 0.05) is 36.6 Å². The number of rotatable bonds is 2. The third kappa shape index (κ3) is 2.51. The summed E-state index contributed by atoms with van der Waals surface area (Å²) in [7, 11) is 0. The highest BCUT2D eigenvalue weighted by molar-refractivity contribution is 9.10. The van der Waals surface area contributed by atoms with Gasteiger partial charge in [0.25, 0.3) is 0 Å². The molecule has 1 fully saturated rings. The van der Waals surface area contributed by atoms with Crippen LogP contribution in [-0.2, 0) is 11.3 Å². The van der Waals surface area contributed by atoms with E-state index in [2.05, 4.69) is 31.6 Å². The first kappa shape index (κ1) is 12.6. The molecule has 0 atom stereocenters. The summed E-state index contributed by atoms with van der Waals surface area (Å²) in [6.07, 6.45) is 5.83. The Bertz CT molecular complexity index is 638. The standard InChI is InChI=1S/C14H14BrN3O/c15-12-5-13-14(17-7-12)11(6-16)9-18(13)8-10-1-3-19-4-2-10/h5,7,9-10H,1-4,8H2. The molecule has 0 amide bonds. The van der Waals surface area contributed by atoms with Crippen LogP contribution in [0.1, 0.15) is 18.4 Å². The number of nitriles is 1. The quantitative estimate of drug-likeness (QED) is 0.854. The summed E-state index contributed by atoms with van der Waals surface area (Å²) in [6.45, 7) is 2.62. The van der Waals surface area contributed by atoms with E-state index < -0.39 is 0 Å². The minimum Gasteiger partial charge on any atom is -0.381 e. The number of halogens is 1. The molecule has 98 valence electrons. The fraction of sp³-hybridized carbons (Fsp3) is 0.429. The lowest BCUT2D eigenvalue weighted by molar-refractivity contribution is 0.0616. The second-order valence-corrected chi connectivity index (χ2v) is 5.80. The number of hydrogen-bond acceptors (Lipinski definition) is 3. The van der Waals surface area contributed by atoms with E-state index in [1.165, 1.54) is 0 Å². The van der Waals surface area contributed by atoms with Crippen molar-refractivity contribution < 1.29 is 4.74 Å². The second-order valence-electron chi connectivity index (χ2n) is 4.88.